The highest BCUT2D eigenvalue weighted by atomic mass is 16.2. The lowest BCUT2D eigenvalue weighted by atomic mass is 9.67. The number of carbonyl (C=O) groups excluding carboxylic acids is 2. The van der Waals surface area contributed by atoms with Crippen molar-refractivity contribution in [2.75, 3.05) is 0 Å². The van der Waals surface area contributed by atoms with Crippen molar-refractivity contribution in [1.82, 2.24) is 10.6 Å². The number of fused-ring (bicyclic) bond motifs is 2. The van der Waals surface area contributed by atoms with Crippen LogP contribution in [0.15, 0.2) is 0 Å². The van der Waals surface area contributed by atoms with Crippen LogP contribution in [0, 0.1) is 17.8 Å². The number of hydrogen-bond acceptors (Lipinski definition) is 3. The van der Waals surface area contributed by atoms with Crippen LogP contribution in [0.2, 0.25) is 0 Å². The molecule has 2 bridgehead atoms. The summed E-state index contributed by atoms with van der Waals surface area (Å²) in [7, 11) is 0. The predicted molar refractivity (Wildman–Crippen MR) is 98.8 cm³/mol. The SMILES string of the molecule is CC(NC(=O)CC1CCCCC1)C(=O)NC1C2CCCC1CC(N)C2. The Morgan fingerprint density at radius 2 is 1.64 bits per heavy atom. The second kappa shape index (κ2) is 8.52. The smallest absolute Gasteiger partial charge is 0.242 e. The van der Waals surface area contributed by atoms with E-state index in [0.29, 0.717) is 24.2 Å². The van der Waals surface area contributed by atoms with E-state index in [9.17, 15) is 9.59 Å². The van der Waals surface area contributed by atoms with E-state index < -0.39 is 6.04 Å². The van der Waals surface area contributed by atoms with Gasteiger partial charge in [-0.05, 0) is 63.2 Å². The molecular formula is C20H35N3O2. The Morgan fingerprint density at radius 3 is 2.28 bits per heavy atom. The summed E-state index contributed by atoms with van der Waals surface area (Å²) < 4.78 is 0. The van der Waals surface area contributed by atoms with E-state index in [1.165, 1.54) is 25.7 Å². The predicted octanol–water partition coefficient (Wildman–Crippen LogP) is 2.48. The summed E-state index contributed by atoms with van der Waals surface area (Å²) in [6.07, 6.45) is 12.3. The third-order valence-corrected chi connectivity index (χ3v) is 6.66. The highest BCUT2D eigenvalue weighted by Crippen LogP contribution is 2.39. The molecule has 0 radical (unpaired) electrons. The molecule has 25 heavy (non-hydrogen) atoms. The van der Waals surface area contributed by atoms with E-state index in [4.69, 9.17) is 5.73 Å². The van der Waals surface area contributed by atoms with E-state index >= 15 is 0 Å². The quantitative estimate of drug-likeness (QED) is 0.713. The van der Waals surface area contributed by atoms with Crippen LogP contribution < -0.4 is 16.4 Å². The zero-order valence-electron chi connectivity index (χ0n) is 15.6. The summed E-state index contributed by atoms with van der Waals surface area (Å²) in [6.45, 7) is 1.80. The fourth-order valence-electron chi connectivity index (χ4n) is 5.33. The second-order valence-electron chi connectivity index (χ2n) is 8.71. The van der Waals surface area contributed by atoms with Crippen molar-refractivity contribution in [2.24, 2.45) is 23.5 Å². The molecule has 3 aliphatic rings. The summed E-state index contributed by atoms with van der Waals surface area (Å²) in [5.41, 5.74) is 6.16. The van der Waals surface area contributed by atoms with Crippen LogP contribution in [0.5, 0.6) is 0 Å². The van der Waals surface area contributed by atoms with E-state index in [2.05, 4.69) is 10.6 Å². The average Bonchev–Trinajstić information content (AvgIpc) is 2.56. The standard InChI is InChI=1S/C20H35N3O2/c1-13(22-18(24)10-14-6-3-2-4-7-14)20(25)23-19-15-8-5-9-16(19)12-17(21)11-15/h13-17,19H,2-12,21H2,1H3,(H,22,24)(H,23,25). The maximum atomic E-state index is 12.6. The molecule has 5 nitrogen and oxygen atoms in total. The van der Waals surface area contributed by atoms with Gasteiger partial charge in [-0.1, -0.05) is 25.7 Å². The Morgan fingerprint density at radius 1 is 1.00 bits per heavy atom. The Labute approximate surface area is 151 Å². The highest BCUT2D eigenvalue weighted by Gasteiger charge is 2.40. The summed E-state index contributed by atoms with van der Waals surface area (Å²) >= 11 is 0. The number of carbonyl (C=O) groups is 2. The molecule has 0 aromatic heterocycles. The number of nitrogens with two attached hydrogens (primary N) is 1. The topological polar surface area (TPSA) is 84.2 Å². The first kappa shape index (κ1) is 18.7. The van der Waals surface area contributed by atoms with Gasteiger partial charge in [0.25, 0.3) is 0 Å². The Hall–Kier alpha value is -1.10. The van der Waals surface area contributed by atoms with Gasteiger partial charge in [0.15, 0.2) is 0 Å². The molecule has 0 saturated heterocycles. The fraction of sp³-hybridized carbons (Fsp3) is 0.900. The van der Waals surface area contributed by atoms with Crippen LogP contribution in [0.25, 0.3) is 0 Å². The lowest BCUT2D eigenvalue weighted by Gasteiger charge is -2.45. The maximum Gasteiger partial charge on any atom is 0.242 e. The van der Waals surface area contributed by atoms with Crippen molar-refractivity contribution >= 4 is 11.8 Å². The van der Waals surface area contributed by atoms with E-state index in [1.54, 1.807) is 6.92 Å². The summed E-state index contributed by atoms with van der Waals surface area (Å²) in [5, 5.41) is 6.16. The van der Waals surface area contributed by atoms with Crippen LogP contribution in [0.4, 0.5) is 0 Å². The lowest BCUT2D eigenvalue weighted by molar-refractivity contribution is -0.130. The first-order chi connectivity index (χ1) is 12.0. The Kier molecular flexibility index (Phi) is 6.37. The van der Waals surface area contributed by atoms with E-state index in [-0.39, 0.29) is 23.9 Å². The van der Waals surface area contributed by atoms with Gasteiger partial charge in [0.1, 0.15) is 6.04 Å². The van der Waals surface area contributed by atoms with E-state index in [0.717, 1.165) is 38.5 Å². The van der Waals surface area contributed by atoms with Crippen LogP contribution >= 0.6 is 0 Å². The molecular weight excluding hydrogens is 314 g/mol. The van der Waals surface area contributed by atoms with Crippen LogP contribution in [0.1, 0.15) is 77.6 Å². The van der Waals surface area contributed by atoms with Gasteiger partial charge in [-0.25, -0.2) is 0 Å². The fourth-order valence-corrected chi connectivity index (χ4v) is 5.33. The number of rotatable bonds is 5. The van der Waals surface area contributed by atoms with E-state index in [1.807, 2.05) is 0 Å². The van der Waals surface area contributed by atoms with Gasteiger partial charge in [0.2, 0.25) is 11.8 Å². The zero-order valence-corrected chi connectivity index (χ0v) is 15.6. The molecule has 2 amide bonds. The molecule has 0 spiro atoms. The molecule has 0 aromatic carbocycles. The number of nitrogens with one attached hydrogen (secondary N) is 2. The van der Waals surface area contributed by atoms with Crippen molar-refractivity contribution in [3.63, 3.8) is 0 Å². The van der Waals surface area contributed by atoms with Gasteiger partial charge in [-0.15, -0.1) is 0 Å². The number of amides is 2. The normalized spacial score (nSPS) is 34.2. The van der Waals surface area contributed by atoms with Gasteiger partial charge in [0.05, 0.1) is 0 Å². The van der Waals surface area contributed by atoms with Gasteiger partial charge >= 0.3 is 0 Å². The van der Waals surface area contributed by atoms with Crippen molar-refractivity contribution in [1.29, 1.82) is 0 Å². The molecule has 3 unspecified atom stereocenters. The average molecular weight is 350 g/mol. The van der Waals surface area contributed by atoms with Crippen LogP contribution in [-0.2, 0) is 9.59 Å². The van der Waals surface area contributed by atoms with Gasteiger partial charge in [-0.3, -0.25) is 9.59 Å². The summed E-state index contributed by atoms with van der Waals surface area (Å²) in [5.74, 6) is 1.52. The molecule has 0 aliphatic heterocycles. The monoisotopic (exact) mass is 349 g/mol. The molecule has 3 saturated carbocycles. The molecule has 3 fully saturated rings. The molecule has 4 N–H and O–H groups in total. The third kappa shape index (κ3) is 4.96. The first-order valence-electron chi connectivity index (χ1n) is 10.4. The van der Waals surface area contributed by atoms with Gasteiger partial charge in [0, 0.05) is 18.5 Å². The molecule has 3 atom stereocenters. The molecule has 3 aliphatic carbocycles. The minimum absolute atomic E-state index is 0.0282. The molecule has 0 aromatic rings. The van der Waals surface area contributed by atoms with Gasteiger partial charge < -0.3 is 16.4 Å². The molecule has 0 heterocycles. The minimum atomic E-state index is -0.451. The van der Waals surface area contributed by atoms with Crippen LogP contribution in [-0.4, -0.2) is 29.9 Å². The maximum absolute atomic E-state index is 12.6. The first-order valence-corrected chi connectivity index (χ1v) is 10.4. The van der Waals surface area contributed by atoms with Crippen LogP contribution in [0.3, 0.4) is 0 Å². The molecule has 3 rings (SSSR count). The van der Waals surface area contributed by atoms with Crippen molar-refractivity contribution in [2.45, 2.75) is 95.7 Å². The molecule has 5 heteroatoms. The second-order valence-corrected chi connectivity index (χ2v) is 8.71. The molecule has 142 valence electrons. The highest BCUT2D eigenvalue weighted by molar-refractivity contribution is 5.87. The van der Waals surface area contributed by atoms with Crippen molar-refractivity contribution in [3.8, 4) is 0 Å². The Balaban J connectivity index is 1.46. The summed E-state index contributed by atoms with van der Waals surface area (Å²) in [4.78, 5) is 24.8. The number of hydrogen-bond donors (Lipinski definition) is 3. The lowest BCUT2D eigenvalue weighted by Crippen LogP contribution is -2.57. The minimum Gasteiger partial charge on any atom is -0.351 e. The zero-order chi connectivity index (χ0) is 17.8. The third-order valence-electron chi connectivity index (χ3n) is 6.66. The summed E-state index contributed by atoms with van der Waals surface area (Å²) in [6, 6.07) is 0.0854. The largest absolute Gasteiger partial charge is 0.351 e. The van der Waals surface area contributed by atoms with Gasteiger partial charge in [-0.2, -0.15) is 0 Å². The van der Waals surface area contributed by atoms with Crippen molar-refractivity contribution in [3.05, 3.63) is 0 Å². The Bertz CT molecular complexity index is 462. The van der Waals surface area contributed by atoms with Crippen molar-refractivity contribution < 1.29 is 9.59 Å².